The van der Waals surface area contributed by atoms with Crippen molar-refractivity contribution in [3.63, 3.8) is 0 Å². The predicted molar refractivity (Wildman–Crippen MR) is 83.5 cm³/mol. The Morgan fingerprint density at radius 3 is 2.86 bits per heavy atom. The van der Waals surface area contributed by atoms with E-state index in [1.807, 2.05) is 48.6 Å². The van der Waals surface area contributed by atoms with Crippen LogP contribution in [0.25, 0.3) is 6.08 Å². The van der Waals surface area contributed by atoms with Crippen molar-refractivity contribution in [1.82, 2.24) is 4.98 Å². The van der Waals surface area contributed by atoms with Crippen LogP contribution in [0.5, 0.6) is 0 Å². The van der Waals surface area contributed by atoms with Crippen molar-refractivity contribution >= 4 is 35.1 Å². The number of rotatable bonds is 3. The Morgan fingerprint density at radius 2 is 2.14 bits per heavy atom. The van der Waals surface area contributed by atoms with E-state index in [0.717, 1.165) is 16.3 Å². The lowest BCUT2D eigenvalue weighted by Crippen LogP contribution is -2.12. The maximum absolute atomic E-state index is 11.9. The highest BCUT2D eigenvalue weighted by Crippen LogP contribution is 2.24. The van der Waals surface area contributed by atoms with Crippen LogP contribution >= 0.6 is 11.3 Å². The van der Waals surface area contributed by atoms with Gasteiger partial charge in [-0.2, -0.15) is 0 Å². The number of aromatic nitrogens is 1. The number of cyclic esters (lactones) is 1. The van der Waals surface area contributed by atoms with Crippen molar-refractivity contribution in [2.75, 3.05) is 19.0 Å². The van der Waals surface area contributed by atoms with Gasteiger partial charge in [-0.15, -0.1) is 11.3 Å². The molecule has 3 heterocycles. The summed E-state index contributed by atoms with van der Waals surface area (Å²) in [6.07, 6.45) is 3.41. The molecule has 0 atom stereocenters. The highest BCUT2D eigenvalue weighted by Gasteiger charge is 2.25. The number of hydrogen-bond donors (Lipinski definition) is 0. The third-order valence-electron chi connectivity index (χ3n) is 2.89. The molecule has 3 rings (SSSR count). The first-order chi connectivity index (χ1) is 10.1. The molecule has 0 unspecified atom stereocenters. The Hall–Kier alpha value is -2.47. The van der Waals surface area contributed by atoms with E-state index in [0.29, 0.717) is 5.90 Å². The average Bonchev–Trinajstić information content (AvgIpc) is 3.10. The molecule has 6 heteroatoms. The zero-order chi connectivity index (χ0) is 14.8. The molecule has 1 aliphatic heterocycles. The molecule has 21 heavy (non-hydrogen) atoms. The summed E-state index contributed by atoms with van der Waals surface area (Å²) in [6.45, 7) is 0. The van der Waals surface area contributed by atoms with Gasteiger partial charge in [0.1, 0.15) is 5.82 Å². The molecule has 1 aliphatic rings. The summed E-state index contributed by atoms with van der Waals surface area (Å²) in [7, 11) is 3.80. The van der Waals surface area contributed by atoms with Crippen molar-refractivity contribution in [3.05, 3.63) is 52.0 Å². The number of ether oxygens (including phenoxy) is 1. The van der Waals surface area contributed by atoms with E-state index in [1.54, 1.807) is 12.3 Å². The van der Waals surface area contributed by atoms with E-state index in [9.17, 15) is 4.79 Å². The molecule has 0 bridgehead atoms. The van der Waals surface area contributed by atoms with Gasteiger partial charge >= 0.3 is 5.97 Å². The molecular weight excluding hydrogens is 286 g/mol. The number of aliphatic imine (C=N–C) groups is 1. The first-order valence-corrected chi connectivity index (χ1v) is 7.22. The van der Waals surface area contributed by atoms with Gasteiger partial charge in [0.25, 0.3) is 0 Å². The zero-order valence-corrected chi connectivity index (χ0v) is 12.4. The van der Waals surface area contributed by atoms with Crippen molar-refractivity contribution in [3.8, 4) is 0 Å². The highest BCUT2D eigenvalue weighted by molar-refractivity contribution is 7.12. The molecule has 0 radical (unpaired) electrons. The minimum Gasteiger partial charge on any atom is -0.401 e. The monoisotopic (exact) mass is 299 g/mol. The molecule has 2 aromatic heterocycles. The number of nitrogens with zero attached hydrogens (tertiary/aromatic N) is 3. The van der Waals surface area contributed by atoms with Gasteiger partial charge in [0.2, 0.25) is 5.90 Å². The molecular formula is C15H13N3O2S. The Morgan fingerprint density at radius 1 is 1.29 bits per heavy atom. The standard InChI is InChI=1S/C15H13N3O2S/c1-18(2)13-10(5-3-7-16-13)9-11-15(19)20-14(17-11)12-6-4-8-21-12/h3-9H,1-2H3/b11-9+. The number of carbonyl (C=O) groups is 1. The second-order valence-electron chi connectivity index (χ2n) is 4.62. The summed E-state index contributed by atoms with van der Waals surface area (Å²) in [5, 5.41) is 1.92. The van der Waals surface area contributed by atoms with Crippen LogP contribution in [-0.2, 0) is 9.53 Å². The summed E-state index contributed by atoms with van der Waals surface area (Å²) in [4.78, 5) is 23.2. The average molecular weight is 299 g/mol. The van der Waals surface area contributed by atoms with E-state index >= 15 is 0 Å². The van der Waals surface area contributed by atoms with Crippen LogP contribution in [0.3, 0.4) is 0 Å². The molecule has 5 nitrogen and oxygen atoms in total. The van der Waals surface area contributed by atoms with Gasteiger partial charge in [-0.3, -0.25) is 0 Å². The van der Waals surface area contributed by atoms with Crippen molar-refractivity contribution in [2.24, 2.45) is 4.99 Å². The second kappa shape index (κ2) is 5.49. The Kier molecular flexibility index (Phi) is 3.53. The molecule has 0 saturated carbocycles. The van der Waals surface area contributed by atoms with Gasteiger partial charge in [0, 0.05) is 25.9 Å². The van der Waals surface area contributed by atoms with Crippen LogP contribution in [0.15, 0.2) is 46.5 Å². The molecule has 0 spiro atoms. The number of carbonyl (C=O) groups excluding carboxylic acids is 1. The van der Waals surface area contributed by atoms with E-state index in [-0.39, 0.29) is 5.70 Å². The van der Waals surface area contributed by atoms with Crippen LogP contribution in [0, 0.1) is 0 Å². The minimum absolute atomic E-state index is 0.287. The quantitative estimate of drug-likeness (QED) is 0.645. The molecule has 0 aliphatic carbocycles. The number of thiophene rings is 1. The van der Waals surface area contributed by atoms with Crippen LogP contribution in [0.4, 0.5) is 5.82 Å². The topological polar surface area (TPSA) is 54.8 Å². The van der Waals surface area contributed by atoms with Crippen LogP contribution in [-0.4, -0.2) is 30.9 Å². The third kappa shape index (κ3) is 2.71. The first-order valence-electron chi connectivity index (χ1n) is 6.34. The zero-order valence-electron chi connectivity index (χ0n) is 11.6. The Balaban J connectivity index is 1.99. The second-order valence-corrected chi connectivity index (χ2v) is 5.57. The summed E-state index contributed by atoms with van der Waals surface area (Å²) < 4.78 is 5.21. The molecule has 0 aromatic carbocycles. The normalized spacial score (nSPS) is 16.0. The third-order valence-corrected chi connectivity index (χ3v) is 3.74. The lowest BCUT2D eigenvalue weighted by molar-refractivity contribution is -0.129. The number of esters is 1. The van der Waals surface area contributed by atoms with Gasteiger partial charge in [0.05, 0.1) is 4.88 Å². The van der Waals surface area contributed by atoms with Crippen molar-refractivity contribution in [1.29, 1.82) is 0 Å². The number of pyridine rings is 1. The van der Waals surface area contributed by atoms with Gasteiger partial charge < -0.3 is 9.64 Å². The predicted octanol–water partition coefficient (Wildman–Crippen LogP) is 2.55. The molecule has 0 fully saturated rings. The van der Waals surface area contributed by atoms with Crippen LogP contribution in [0.1, 0.15) is 10.4 Å². The fraction of sp³-hybridized carbons (Fsp3) is 0.133. The van der Waals surface area contributed by atoms with Crippen molar-refractivity contribution in [2.45, 2.75) is 0 Å². The number of anilines is 1. The van der Waals surface area contributed by atoms with E-state index in [4.69, 9.17) is 4.74 Å². The fourth-order valence-corrected chi connectivity index (χ4v) is 2.61. The van der Waals surface area contributed by atoms with Gasteiger partial charge in [0.15, 0.2) is 5.70 Å². The molecule has 0 N–H and O–H groups in total. The van der Waals surface area contributed by atoms with E-state index in [1.165, 1.54) is 11.3 Å². The lowest BCUT2D eigenvalue weighted by atomic mass is 10.2. The fourth-order valence-electron chi connectivity index (χ4n) is 1.96. The van der Waals surface area contributed by atoms with Gasteiger partial charge in [-0.1, -0.05) is 6.07 Å². The summed E-state index contributed by atoms with van der Waals surface area (Å²) in [6, 6.07) is 7.48. The summed E-state index contributed by atoms with van der Waals surface area (Å²) in [5.74, 6) is 0.695. The van der Waals surface area contributed by atoms with Gasteiger partial charge in [-0.25, -0.2) is 14.8 Å². The Labute approximate surface area is 126 Å². The summed E-state index contributed by atoms with van der Waals surface area (Å²) >= 11 is 1.48. The molecule has 0 saturated heterocycles. The summed E-state index contributed by atoms with van der Waals surface area (Å²) in [5.41, 5.74) is 1.11. The highest BCUT2D eigenvalue weighted by atomic mass is 32.1. The smallest absolute Gasteiger partial charge is 0.363 e. The Bertz CT molecular complexity index is 733. The molecule has 2 aromatic rings. The van der Waals surface area contributed by atoms with Crippen LogP contribution in [0.2, 0.25) is 0 Å². The van der Waals surface area contributed by atoms with E-state index < -0.39 is 5.97 Å². The number of hydrogen-bond acceptors (Lipinski definition) is 6. The van der Waals surface area contributed by atoms with Gasteiger partial charge in [-0.05, 0) is 29.7 Å². The van der Waals surface area contributed by atoms with E-state index in [2.05, 4.69) is 9.98 Å². The van der Waals surface area contributed by atoms with Crippen LogP contribution < -0.4 is 4.90 Å². The maximum atomic E-state index is 11.9. The SMILES string of the molecule is CN(C)c1ncccc1/C=C1/N=C(c2cccs2)OC1=O. The molecule has 106 valence electrons. The lowest BCUT2D eigenvalue weighted by Gasteiger charge is -2.13. The first kappa shape index (κ1) is 13.5. The largest absolute Gasteiger partial charge is 0.401 e. The minimum atomic E-state index is -0.438. The molecule has 0 amide bonds. The maximum Gasteiger partial charge on any atom is 0.363 e. The van der Waals surface area contributed by atoms with Crippen molar-refractivity contribution < 1.29 is 9.53 Å².